The van der Waals surface area contributed by atoms with Gasteiger partial charge in [0.05, 0.1) is 44.5 Å². The average Bonchev–Trinajstić information content (AvgIpc) is 2.94. The number of amides is 1. The minimum Gasteiger partial charge on any atom is -0.496 e. The third-order valence-corrected chi connectivity index (χ3v) is 6.52. The molecular formula is C28H36FN5O6. The number of rotatable bonds is 12. The monoisotopic (exact) mass is 557 g/mol. The van der Waals surface area contributed by atoms with Crippen LogP contribution < -0.4 is 16.0 Å². The van der Waals surface area contributed by atoms with E-state index in [9.17, 15) is 18.8 Å². The Morgan fingerprint density at radius 2 is 1.93 bits per heavy atom. The van der Waals surface area contributed by atoms with Crippen molar-refractivity contribution >= 4 is 12.1 Å². The highest BCUT2D eigenvalue weighted by atomic mass is 19.1. The van der Waals surface area contributed by atoms with E-state index in [-0.39, 0.29) is 37.1 Å². The van der Waals surface area contributed by atoms with Crippen molar-refractivity contribution < 1.29 is 23.5 Å². The molecule has 0 N–H and O–H groups in total. The Kier molecular flexibility index (Phi) is 11.0. The fraction of sp³-hybridized carbons (Fsp3) is 0.536. The van der Waals surface area contributed by atoms with E-state index in [4.69, 9.17) is 19.6 Å². The van der Waals surface area contributed by atoms with Gasteiger partial charge in [0.2, 0.25) is 5.91 Å². The minimum atomic E-state index is -1.08. The summed E-state index contributed by atoms with van der Waals surface area (Å²) >= 11 is 0. The van der Waals surface area contributed by atoms with Crippen LogP contribution in [-0.2, 0) is 20.9 Å². The zero-order chi connectivity index (χ0) is 29.2. The molecule has 0 radical (unpaired) electrons. The summed E-state index contributed by atoms with van der Waals surface area (Å²) in [5.41, 5.74) is -1.10. The van der Waals surface area contributed by atoms with Crippen molar-refractivity contribution in [2.24, 2.45) is 5.16 Å². The molecule has 1 fully saturated rings. The molecule has 2 atom stereocenters. The van der Waals surface area contributed by atoms with Crippen LogP contribution >= 0.6 is 0 Å². The lowest BCUT2D eigenvalue weighted by atomic mass is 10.1. The second-order valence-electron chi connectivity index (χ2n) is 9.80. The maximum Gasteiger partial charge on any atom is 0.331 e. The number of benzene rings is 1. The lowest BCUT2D eigenvalue weighted by Crippen LogP contribution is -2.49. The van der Waals surface area contributed by atoms with Crippen molar-refractivity contribution in [2.75, 3.05) is 26.8 Å². The summed E-state index contributed by atoms with van der Waals surface area (Å²) in [5, 5.41) is 12.9. The standard InChI is InChI=1S/C28H36FN5O6/c1-19(2)40-31-16-21-17-33(18-25(39-14-8-11-30)23-15-22(29)9-10-24(23)38-4)28(37)34(27(21)36)20(3)26(35)32-12-6-5-7-13-32/h9-10,15-17,19-20,25H,5-8,12-14,18H2,1-4H3/b31-16+. The van der Waals surface area contributed by atoms with Gasteiger partial charge in [-0.15, -0.1) is 0 Å². The van der Waals surface area contributed by atoms with Gasteiger partial charge in [0.1, 0.15) is 29.8 Å². The number of carbonyl (C=O) groups excluding carboxylic acids is 1. The fourth-order valence-electron chi connectivity index (χ4n) is 4.52. The van der Waals surface area contributed by atoms with Gasteiger partial charge in [-0.1, -0.05) is 5.16 Å². The van der Waals surface area contributed by atoms with Gasteiger partial charge < -0.3 is 19.2 Å². The van der Waals surface area contributed by atoms with Crippen LogP contribution in [-0.4, -0.2) is 59.1 Å². The Bertz CT molecular complexity index is 1360. The maximum absolute atomic E-state index is 14.3. The van der Waals surface area contributed by atoms with E-state index in [1.165, 1.54) is 49.2 Å². The Morgan fingerprint density at radius 3 is 2.58 bits per heavy atom. The molecule has 1 aliphatic heterocycles. The molecule has 2 unspecified atom stereocenters. The van der Waals surface area contributed by atoms with Gasteiger partial charge in [-0.25, -0.2) is 13.8 Å². The average molecular weight is 558 g/mol. The number of nitriles is 1. The van der Waals surface area contributed by atoms with E-state index in [1.807, 2.05) is 6.07 Å². The van der Waals surface area contributed by atoms with Crippen LogP contribution in [0.1, 0.15) is 69.7 Å². The van der Waals surface area contributed by atoms with Crippen LogP contribution in [0.5, 0.6) is 5.75 Å². The van der Waals surface area contributed by atoms with Gasteiger partial charge in [-0.2, -0.15) is 5.26 Å². The van der Waals surface area contributed by atoms with Crippen LogP contribution in [0.2, 0.25) is 0 Å². The van der Waals surface area contributed by atoms with Crippen molar-refractivity contribution in [1.82, 2.24) is 14.0 Å². The quantitative estimate of drug-likeness (QED) is 0.223. The number of oxime groups is 1. The summed E-state index contributed by atoms with van der Waals surface area (Å²) in [5.74, 6) is -0.543. The zero-order valence-corrected chi connectivity index (χ0v) is 23.3. The first-order valence-corrected chi connectivity index (χ1v) is 13.3. The molecule has 11 nitrogen and oxygen atoms in total. The molecule has 2 aromatic rings. The number of piperidine rings is 1. The van der Waals surface area contributed by atoms with E-state index in [1.54, 1.807) is 18.7 Å². The van der Waals surface area contributed by atoms with Gasteiger partial charge in [-0.3, -0.25) is 14.2 Å². The fourth-order valence-corrected chi connectivity index (χ4v) is 4.52. The van der Waals surface area contributed by atoms with Gasteiger partial charge in [-0.05, 0) is 58.2 Å². The summed E-state index contributed by atoms with van der Waals surface area (Å²) in [7, 11) is 1.42. The van der Waals surface area contributed by atoms with Crippen LogP contribution in [0, 0.1) is 17.1 Å². The normalized spacial score (nSPS) is 15.2. The molecule has 12 heteroatoms. The van der Waals surface area contributed by atoms with Crippen LogP contribution in [0.25, 0.3) is 0 Å². The molecule has 0 bridgehead atoms. The Hall–Kier alpha value is -3.98. The van der Waals surface area contributed by atoms with Gasteiger partial charge in [0, 0.05) is 24.8 Å². The van der Waals surface area contributed by atoms with Crippen molar-refractivity contribution in [3.8, 4) is 11.8 Å². The van der Waals surface area contributed by atoms with E-state index in [2.05, 4.69) is 5.16 Å². The molecule has 3 rings (SSSR count). The number of carbonyl (C=O) groups is 1. The molecule has 1 aromatic carbocycles. The molecule has 1 aliphatic rings. The number of ether oxygens (including phenoxy) is 2. The number of nitrogens with zero attached hydrogens (tertiary/aromatic N) is 5. The van der Waals surface area contributed by atoms with Gasteiger partial charge in [0.25, 0.3) is 5.56 Å². The smallest absolute Gasteiger partial charge is 0.331 e. The molecule has 1 saturated heterocycles. The predicted octanol–water partition coefficient (Wildman–Crippen LogP) is 3.16. The van der Waals surface area contributed by atoms with Crippen molar-refractivity contribution in [1.29, 1.82) is 5.26 Å². The molecular weight excluding hydrogens is 521 g/mol. The number of hydrogen-bond donors (Lipinski definition) is 0. The summed E-state index contributed by atoms with van der Waals surface area (Å²) in [4.78, 5) is 47.4. The molecule has 0 saturated carbocycles. The highest BCUT2D eigenvalue weighted by Crippen LogP contribution is 2.30. The number of halogens is 1. The molecule has 216 valence electrons. The highest BCUT2D eigenvalue weighted by molar-refractivity contribution is 5.81. The molecule has 1 aromatic heterocycles. The number of aromatic nitrogens is 2. The van der Waals surface area contributed by atoms with Gasteiger partial charge in [0.15, 0.2) is 0 Å². The Morgan fingerprint density at radius 1 is 1.20 bits per heavy atom. The molecule has 1 amide bonds. The second kappa shape index (κ2) is 14.4. The van der Waals surface area contributed by atoms with Crippen LogP contribution in [0.15, 0.2) is 39.1 Å². The lowest BCUT2D eigenvalue weighted by Gasteiger charge is -2.30. The molecule has 0 aliphatic carbocycles. The van der Waals surface area contributed by atoms with E-state index in [0.717, 1.165) is 23.8 Å². The first-order valence-electron chi connectivity index (χ1n) is 13.3. The van der Waals surface area contributed by atoms with E-state index >= 15 is 0 Å². The number of hydrogen-bond acceptors (Lipinski definition) is 8. The SMILES string of the molecule is COc1ccc(F)cc1C(Cn1cc(/C=N/OC(C)C)c(=O)n(C(C)C(=O)N2CCCCC2)c1=O)OCCC#N. The van der Waals surface area contributed by atoms with Crippen molar-refractivity contribution in [3.63, 3.8) is 0 Å². The molecule has 2 heterocycles. The highest BCUT2D eigenvalue weighted by Gasteiger charge is 2.28. The largest absolute Gasteiger partial charge is 0.496 e. The number of likely N-dealkylation sites (tertiary alicyclic amines) is 1. The summed E-state index contributed by atoms with van der Waals surface area (Å²) in [6.45, 7) is 6.02. The first-order chi connectivity index (χ1) is 19.2. The second-order valence-corrected chi connectivity index (χ2v) is 9.80. The summed E-state index contributed by atoms with van der Waals surface area (Å²) < 4.78 is 27.7. The van der Waals surface area contributed by atoms with E-state index in [0.29, 0.717) is 24.4 Å². The van der Waals surface area contributed by atoms with Crippen LogP contribution in [0.3, 0.4) is 0 Å². The maximum atomic E-state index is 14.3. The topological polar surface area (TPSA) is 128 Å². The lowest BCUT2D eigenvalue weighted by molar-refractivity contribution is -0.135. The first kappa shape index (κ1) is 30.6. The van der Waals surface area contributed by atoms with Crippen molar-refractivity contribution in [3.05, 3.63) is 62.2 Å². The Labute approximate surface area is 232 Å². The third kappa shape index (κ3) is 7.57. The molecule has 40 heavy (non-hydrogen) atoms. The minimum absolute atomic E-state index is 0.00954. The van der Waals surface area contributed by atoms with Gasteiger partial charge >= 0.3 is 5.69 Å². The Balaban J connectivity index is 2.12. The predicted molar refractivity (Wildman–Crippen MR) is 146 cm³/mol. The summed E-state index contributed by atoms with van der Waals surface area (Å²) in [6, 6.07) is 4.82. The molecule has 0 spiro atoms. The van der Waals surface area contributed by atoms with E-state index < -0.39 is 29.2 Å². The summed E-state index contributed by atoms with van der Waals surface area (Å²) in [6.07, 6.45) is 4.12. The number of methoxy groups -OCH3 is 1. The third-order valence-electron chi connectivity index (χ3n) is 6.52. The zero-order valence-electron chi connectivity index (χ0n) is 23.3. The van der Waals surface area contributed by atoms with Crippen molar-refractivity contribution in [2.45, 2.75) is 71.2 Å². The van der Waals surface area contributed by atoms with Crippen LogP contribution in [0.4, 0.5) is 4.39 Å².